The molecule has 0 aromatic heterocycles. The Hall–Kier alpha value is -1.26. The zero-order valence-electron chi connectivity index (χ0n) is 9.70. The minimum absolute atomic E-state index is 0.0338. The first-order chi connectivity index (χ1) is 8.13. The van der Waals surface area contributed by atoms with Gasteiger partial charge in [0, 0.05) is 18.2 Å². The molecule has 1 amide bonds. The summed E-state index contributed by atoms with van der Waals surface area (Å²) in [5.74, 6) is 0.444. The van der Waals surface area contributed by atoms with Gasteiger partial charge in [0.05, 0.1) is 0 Å². The SMILES string of the molecule is Cc1cc(Cl)ccc1OCC(=O)NCCCO. The van der Waals surface area contributed by atoms with E-state index in [4.69, 9.17) is 21.4 Å². The smallest absolute Gasteiger partial charge is 0.257 e. The number of aryl methyl sites for hydroxylation is 1. The quantitative estimate of drug-likeness (QED) is 0.760. The van der Waals surface area contributed by atoms with E-state index in [1.165, 1.54) is 0 Å². The molecular formula is C12H16ClNO3. The standard InChI is InChI=1S/C12H16ClNO3/c1-9-7-10(13)3-4-11(9)17-8-12(16)14-5-2-6-15/h3-4,7,15H,2,5-6,8H2,1H3,(H,14,16). The van der Waals surface area contributed by atoms with Crippen molar-refractivity contribution in [2.24, 2.45) is 0 Å². The molecule has 0 heterocycles. The van der Waals surface area contributed by atoms with Crippen molar-refractivity contribution in [1.82, 2.24) is 5.32 Å². The van der Waals surface area contributed by atoms with Crippen LogP contribution in [0.1, 0.15) is 12.0 Å². The van der Waals surface area contributed by atoms with Gasteiger partial charge in [-0.15, -0.1) is 0 Å². The third-order valence-corrected chi connectivity index (χ3v) is 2.39. The average molecular weight is 258 g/mol. The van der Waals surface area contributed by atoms with E-state index in [2.05, 4.69) is 5.32 Å². The van der Waals surface area contributed by atoms with Gasteiger partial charge in [-0.05, 0) is 37.1 Å². The van der Waals surface area contributed by atoms with Crippen LogP contribution in [0.3, 0.4) is 0 Å². The molecule has 0 aliphatic rings. The molecule has 0 aliphatic heterocycles. The number of carbonyl (C=O) groups excluding carboxylic acids is 1. The monoisotopic (exact) mass is 257 g/mol. The molecule has 0 bridgehead atoms. The van der Waals surface area contributed by atoms with Gasteiger partial charge in [-0.2, -0.15) is 0 Å². The summed E-state index contributed by atoms with van der Waals surface area (Å²) in [5.41, 5.74) is 0.889. The number of benzene rings is 1. The molecule has 1 rings (SSSR count). The Labute approximate surface area is 106 Å². The summed E-state index contributed by atoms with van der Waals surface area (Å²) < 4.78 is 5.35. The normalized spacial score (nSPS) is 10.1. The van der Waals surface area contributed by atoms with Crippen molar-refractivity contribution in [3.05, 3.63) is 28.8 Å². The maximum atomic E-state index is 11.3. The summed E-state index contributed by atoms with van der Waals surface area (Å²) in [4.78, 5) is 11.3. The molecule has 0 saturated heterocycles. The van der Waals surface area contributed by atoms with Gasteiger partial charge >= 0.3 is 0 Å². The number of ether oxygens (including phenoxy) is 1. The minimum atomic E-state index is -0.201. The van der Waals surface area contributed by atoms with Crippen LogP contribution >= 0.6 is 11.6 Å². The zero-order valence-corrected chi connectivity index (χ0v) is 10.5. The van der Waals surface area contributed by atoms with Crippen LogP contribution in [0.15, 0.2) is 18.2 Å². The number of carbonyl (C=O) groups is 1. The van der Waals surface area contributed by atoms with Crippen LogP contribution in [0.25, 0.3) is 0 Å². The Bertz CT molecular complexity index is 382. The van der Waals surface area contributed by atoms with E-state index in [-0.39, 0.29) is 19.1 Å². The lowest BCUT2D eigenvalue weighted by atomic mass is 10.2. The van der Waals surface area contributed by atoms with Crippen LogP contribution in [0, 0.1) is 6.92 Å². The maximum absolute atomic E-state index is 11.3. The molecule has 0 aliphatic carbocycles. The summed E-state index contributed by atoms with van der Waals surface area (Å²) in [6, 6.07) is 5.23. The molecule has 0 atom stereocenters. The lowest BCUT2D eigenvalue weighted by molar-refractivity contribution is -0.123. The number of hydrogen-bond donors (Lipinski definition) is 2. The van der Waals surface area contributed by atoms with Crippen molar-refractivity contribution in [2.45, 2.75) is 13.3 Å². The molecule has 1 aromatic rings. The molecule has 4 nitrogen and oxygen atoms in total. The Morgan fingerprint density at radius 2 is 2.29 bits per heavy atom. The Morgan fingerprint density at radius 1 is 1.53 bits per heavy atom. The van der Waals surface area contributed by atoms with Crippen LogP contribution in [-0.4, -0.2) is 30.8 Å². The van der Waals surface area contributed by atoms with Gasteiger partial charge < -0.3 is 15.2 Å². The van der Waals surface area contributed by atoms with Gasteiger partial charge in [0.2, 0.25) is 0 Å². The van der Waals surface area contributed by atoms with Crippen LogP contribution in [0.4, 0.5) is 0 Å². The first kappa shape index (κ1) is 13.8. The lowest BCUT2D eigenvalue weighted by Crippen LogP contribution is -2.30. The van der Waals surface area contributed by atoms with E-state index in [0.29, 0.717) is 23.7 Å². The molecule has 0 fully saturated rings. The van der Waals surface area contributed by atoms with Crippen molar-refractivity contribution in [1.29, 1.82) is 0 Å². The van der Waals surface area contributed by atoms with Crippen molar-refractivity contribution in [2.75, 3.05) is 19.8 Å². The number of rotatable bonds is 6. The van der Waals surface area contributed by atoms with Gasteiger partial charge in [0.25, 0.3) is 5.91 Å². The number of hydrogen-bond acceptors (Lipinski definition) is 3. The summed E-state index contributed by atoms with van der Waals surface area (Å²) >= 11 is 5.81. The highest BCUT2D eigenvalue weighted by atomic mass is 35.5. The predicted octanol–water partition coefficient (Wildman–Crippen LogP) is 1.53. The zero-order chi connectivity index (χ0) is 12.7. The molecule has 0 unspecified atom stereocenters. The number of aliphatic hydroxyl groups is 1. The fourth-order valence-electron chi connectivity index (χ4n) is 1.28. The summed E-state index contributed by atoms with van der Waals surface area (Å²) in [6.07, 6.45) is 0.547. The highest BCUT2D eigenvalue weighted by Gasteiger charge is 2.04. The van der Waals surface area contributed by atoms with Crippen LogP contribution in [-0.2, 0) is 4.79 Å². The lowest BCUT2D eigenvalue weighted by Gasteiger charge is -2.09. The fraction of sp³-hybridized carbons (Fsp3) is 0.417. The van der Waals surface area contributed by atoms with Crippen LogP contribution in [0.2, 0.25) is 5.02 Å². The first-order valence-electron chi connectivity index (χ1n) is 5.40. The topological polar surface area (TPSA) is 58.6 Å². The van der Waals surface area contributed by atoms with E-state index >= 15 is 0 Å². The van der Waals surface area contributed by atoms with Gasteiger partial charge in [0.15, 0.2) is 6.61 Å². The second-order valence-electron chi connectivity index (χ2n) is 3.63. The highest BCUT2D eigenvalue weighted by Crippen LogP contribution is 2.21. The fourth-order valence-corrected chi connectivity index (χ4v) is 1.50. The number of nitrogens with one attached hydrogen (secondary N) is 1. The van der Waals surface area contributed by atoms with Crippen molar-refractivity contribution >= 4 is 17.5 Å². The third kappa shape index (κ3) is 5.06. The molecule has 0 spiro atoms. The van der Waals surface area contributed by atoms with Crippen molar-refractivity contribution < 1.29 is 14.6 Å². The van der Waals surface area contributed by atoms with E-state index in [0.717, 1.165) is 5.56 Å². The third-order valence-electron chi connectivity index (χ3n) is 2.15. The Kier molecular flexibility index (Phi) is 5.80. The average Bonchev–Trinajstić information content (AvgIpc) is 2.28. The molecule has 17 heavy (non-hydrogen) atoms. The van der Waals surface area contributed by atoms with E-state index in [1.807, 2.05) is 6.92 Å². The van der Waals surface area contributed by atoms with E-state index in [9.17, 15) is 4.79 Å². The largest absolute Gasteiger partial charge is 0.484 e. The second kappa shape index (κ2) is 7.14. The summed E-state index contributed by atoms with van der Waals surface area (Å²) in [7, 11) is 0. The number of aliphatic hydroxyl groups excluding tert-OH is 1. The van der Waals surface area contributed by atoms with E-state index < -0.39 is 0 Å². The second-order valence-corrected chi connectivity index (χ2v) is 4.06. The van der Waals surface area contributed by atoms with Gasteiger partial charge in [0.1, 0.15) is 5.75 Å². The predicted molar refractivity (Wildman–Crippen MR) is 66.4 cm³/mol. The molecule has 0 saturated carbocycles. The van der Waals surface area contributed by atoms with Crippen LogP contribution < -0.4 is 10.1 Å². The molecule has 94 valence electrons. The first-order valence-corrected chi connectivity index (χ1v) is 5.78. The van der Waals surface area contributed by atoms with Crippen molar-refractivity contribution in [3.63, 3.8) is 0 Å². The highest BCUT2D eigenvalue weighted by molar-refractivity contribution is 6.30. The Morgan fingerprint density at radius 3 is 2.94 bits per heavy atom. The summed E-state index contributed by atoms with van der Waals surface area (Å²) in [6.45, 7) is 2.36. The minimum Gasteiger partial charge on any atom is -0.484 e. The molecule has 5 heteroatoms. The van der Waals surface area contributed by atoms with E-state index in [1.54, 1.807) is 18.2 Å². The molecule has 1 aromatic carbocycles. The molecule has 2 N–H and O–H groups in total. The van der Waals surface area contributed by atoms with Gasteiger partial charge in [-0.25, -0.2) is 0 Å². The van der Waals surface area contributed by atoms with Gasteiger partial charge in [-0.1, -0.05) is 11.6 Å². The molecular weight excluding hydrogens is 242 g/mol. The molecule has 0 radical (unpaired) electrons. The maximum Gasteiger partial charge on any atom is 0.257 e. The van der Waals surface area contributed by atoms with Gasteiger partial charge in [-0.3, -0.25) is 4.79 Å². The number of halogens is 1. The van der Waals surface area contributed by atoms with Crippen LogP contribution in [0.5, 0.6) is 5.75 Å². The number of amides is 1. The van der Waals surface area contributed by atoms with Crippen molar-refractivity contribution in [3.8, 4) is 5.75 Å². The summed E-state index contributed by atoms with van der Waals surface area (Å²) in [5, 5.41) is 11.8. The Balaban J connectivity index is 2.37.